The SMILES string of the molecule is O=C(O)[C@H]1[C@@H]2CC[C@@H](C2)[C@@H]1C(=O)NCc1ccccn1. The van der Waals surface area contributed by atoms with E-state index >= 15 is 0 Å². The molecule has 0 spiro atoms. The van der Waals surface area contributed by atoms with Crippen molar-refractivity contribution in [2.75, 3.05) is 0 Å². The summed E-state index contributed by atoms with van der Waals surface area (Å²) in [7, 11) is 0. The molecule has 2 fully saturated rings. The van der Waals surface area contributed by atoms with Crippen molar-refractivity contribution in [1.29, 1.82) is 0 Å². The number of nitrogens with zero attached hydrogens (tertiary/aromatic N) is 1. The minimum Gasteiger partial charge on any atom is -0.481 e. The smallest absolute Gasteiger partial charge is 0.307 e. The Morgan fingerprint density at radius 1 is 1.25 bits per heavy atom. The molecule has 0 aromatic carbocycles. The Kier molecular flexibility index (Phi) is 3.42. The zero-order valence-corrected chi connectivity index (χ0v) is 11.2. The molecule has 4 atom stereocenters. The lowest BCUT2D eigenvalue weighted by atomic mass is 9.78. The summed E-state index contributed by atoms with van der Waals surface area (Å²) in [5.74, 6) is -1.40. The first-order valence-electron chi connectivity index (χ1n) is 7.07. The summed E-state index contributed by atoms with van der Waals surface area (Å²) >= 11 is 0. The number of pyridine rings is 1. The largest absolute Gasteiger partial charge is 0.481 e. The minimum absolute atomic E-state index is 0.129. The second kappa shape index (κ2) is 5.23. The normalized spacial score (nSPS) is 31.2. The van der Waals surface area contributed by atoms with Crippen LogP contribution in [0.2, 0.25) is 0 Å². The number of fused-ring (bicyclic) bond motifs is 2. The summed E-state index contributed by atoms with van der Waals surface area (Å²) in [6.07, 6.45) is 4.50. The molecule has 1 heterocycles. The third kappa shape index (κ3) is 2.28. The standard InChI is InChI=1S/C15H18N2O3/c18-14(17-8-11-3-1-2-6-16-11)12-9-4-5-10(7-9)13(12)15(19)20/h1-3,6,9-10,12-13H,4-5,7-8H2,(H,17,18)(H,19,20)/t9-,10+,12-,13-/m0/s1. The van der Waals surface area contributed by atoms with Gasteiger partial charge in [0.05, 0.1) is 24.1 Å². The van der Waals surface area contributed by atoms with Crippen molar-refractivity contribution < 1.29 is 14.7 Å². The Balaban J connectivity index is 1.66. The first kappa shape index (κ1) is 13.1. The number of carbonyl (C=O) groups is 2. The van der Waals surface area contributed by atoms with Gasteiger partial charge in [-0.05, 0) is 43.2 Å². The monoisotopic (exact) mass is 274 g/mol. The first-order chi connectivity index (χ1) is 9.66. The van der Waals surface area contributed by atoms with Gasteiger partial charge in [-0.15, -0.1) is 0 Å². The van der Waals surface area contributed by atoms with Crippen molar-refractivity contribution in [2.45, 2.75) is 25.8 Å². The zero-order valence-electron chi connectivity index (χ0n) is 11.2. The molecule has 2 aliphatic carbocycles. The van der Waals surface area contributed by atoms with E-state index in [9.17, 15) is 14.7 Å². The van der Waals surface area contributed by atoms with Gasteiger partial charge in [0.25, 0.3) is 0 Å². The maximum Gasteiger partial charge on any atom is 0.307 e. The van der Waals surface area contributed by atoms with Crippen molar-refractivity contribution in [1.82, 2.24) is 10.3 Å². The van der Waals surface area contributed by atoms with E-state index in [2.05, 4.69) is 10.3 Å². The van der Waals surface area contributed by atoms with Gasteiger partial charge in [-0.25, -0.2) is 0 Å². The van der Waals surface area contributed by atoms with Crippen LogP contribution in [-0.2, 0) is 16.1 Å². The van der Waals surface area contributed by atoms with Crippen LogP contribution in [0.25, 0.3) is 0 Å². The molecule has 0 unspecified atom stereocenters. The van der Waals surface area contributed by atoms with Crippen LogP contribution in [0.3, 0.4) is 0 Å². The Bertz CT molecular complexity index is 517. The number of hydrogen-bond donors (Lipinski definition) is 2. The second-order valence-electron chi connectivity index (χ2n) is 5.76. The maximum absolute atomic E-state index is 12.3. The van der Waals surface area contributed by atoms with Crippen LogP contribution in [0.15, 0.2) is 24.4 Å². The lowest BCUT2D eigenvalue weighted by Crippen LogP contribution is -2.41. The summed E-state index contributed by atoms with van der Waals surface area (Å²) < 4.78 is 0. The lowest BCUT2D eigenvalue weighted by Gasteiger charge is -2.26. The number of aromatic nitrogens is 1. The van der Waals surface area contributed by atoms with Crippen LogP contribution in [0.5, 0.6) is 0 Å². The van der Waals surface area contributed by atoms with E-state index in [1.54, 1.807) is 6.20 Å². The summed E-state index contributed by atoms with van der Waals surface area (Å²) in [5.41, 5.74) is 0.788. The predicted octanol–water partition coefficient (Wildman–Crippen LogP) is 1.44. The van der Waals surface area contributed by atoms with Crippen molar-refractivity contribution in [2.24, 2.45) is 23.7 Å². The van der Waals surface area contributed by atoms with Gasteiger partial charge in [-0.3, -0.25) is 14.6 Å². The third-order valence-electron chi connectivity index (χ3n) is 4.67. The molecule has 2 N–H and O–H groups in total. The maximum atomic E-state index is 12.3. The fourth-order valence-electron chi connectivity index (χ4n) is 3.82. The number of amides is 1. The van der Waals surface area contributed by atoms with E-state index in [4.69, 9.17) is 0 Å². The van der Waals surface area contributed by atoms with Gasteiger partial charge in [-0.1, -0.05) is 6.07 Å². The van der Waals surface area contributed by atoms with Crippen LogP contribution in [0.4, 0.5) is 0 Å². The average molecular weight is 274 g/mol. The molecule has 0 saturated heterocycles. The highest BCUT2D eigenvalue weighted by atomic mass is 16.4. The number of rotatable bonds is 4. The number of carboxylic acid groups (broad SMARTS) is 1. The van der Waals surface area contributed by atoms with Crippen molar-refractivity contribution in [3.63, 3.8) is 0 Å². The number of hydrogen-bond acceptors (Lipinski definition) is 3. The summed E-state index contributed by atoms with van der Waals surface area (Å²) in [5, 5.41) is 12.2. The molecule has 2 bridgehead atoms. The number of carbonyl (C=O) groups excluding carboxylic acids is 1. The Hall–Kier alpha value is -1.91. The van der Waals surface area contributed by atoms with Gasteiger partial charge in [0.1, 0.15) is 0 Å². The average Bonchev–Trinajstić information content (AvgIpc) is 3.06. The quantitative estimate of drug-likeness (QED) is 0.871. The Labute approximate surface area is 117 Å². The van der Waals surface area contributed by atoms with Gasteiger partial charge < -0.3 is 10.4 Å². The van der Waals surface area contributed by atoms with Crippen LogP contribution < -0.4 is 5.32 Å². The van der Waals surface area contributed by atoms with Crippen LogP contribution >= 0.6 is 0 Å². The van der Waals surface area contributed by atoms with E-state index in [1.165, 1.54) is 0 Å². The topological polar surface area (TPSA) is 79.3 Å². The first-order valence-corrected chi connectivity index (χ1v) is 7.07. The Morgan fingerprint density at radius 3 is 2.65 bits per heavy atom. The summed E-state index contributed by atoms with van der Waals surface area (Å²) in [4.78, 5) is 27.9. The van der Waals surface area contributed by atoms with E-state index in [1.807, 2.05) is 18.2 Å². The van der Waals surface area contributed by atoms with Crippen molar-refractivity contribution in [3.8, 4) is 0 Å². The molecule has 106 valence electrons. The van der Waals surface area contributed by atoms with Crippen molar-refractivity contribution >= 4 is 11.9 Å². The number of carboxylic acids is 1. The van der Waals surface area contributed by atoms with E-state index in [0.717, 1.165) is 25.0 Å². The Morgan fingerprint density at radius 2 is 2.00 bits per heavy atom. The van der Waals surface area contributed by atoms with Crippen LogP contribution in [-0.4, -0.2) is 22.0 Å². The van der Waals surface area contributed by atoms with E-state index in [-0.39, 0.29) is 23.7 Å². The molecule has 5 nitrogen and oxygen atoms in total. The molecular weight excluding hydrogens is 256 g/mol. The van der Waals surface area contributed by atoms with Gasteiger partial charge in [-0.2, -0.15) is 0 Å². The highest BCUT2D eigenvalue weighted by molar-refractivity contribution is 5.86. The third-order valence-corrected chi connectivity index (χ3v) is 4.67. The summed E-state index contributed by atoms with van der Waals surface area (Å²) in [6, 6.07) is 5.53. The molecule has 1 aromatic heterocycles. The van der Waals surface area contributed by atoms with Gasteiger partial charge >= 0.3 is 5.97 Å². The van der Waals surface area contributed by atoms with Crippen molar-refractivity contribution in [3.05, 3.63) is 30.1 Å². The molecule has 2 saturated carbocycles. The van der Waals surface area contributed by atoms with Crippen LogP contribution in [0.1, 0.15) is 25.0 Å². The van der Waals surface area contributed by atoms with Gasteiger partial charge in [0.2, 0.25) is 5.91 Å². The van der Waals surface area contributed by atoms with Crippen LogP contribution in [0, 0.1) is 23.7 Å². The molecule has 0 aliphatic heterocycles. The fourth-order valence-corrected chi connectivity index (χ4v) is 3.82. The molecule has 0 radical (unpaired) electrons. The predicted molar refractivity (Wildman–Crippen MR) is 71.5 cm³/mol. The number of nitrogens with one attached hydrogen (secondary N) is 1. The van der Waals surface area contributed by atoms with E-state index in [0.29, 0.717) is 6.54 Å². The zero-order chi connectivity index (χ0) is 14.1. The molecule has 2 aliphatic rings. The lowest BCUT2D eigenvalue weighted by molar-refractivity contribution is -0.149. The highest BCUT2D eigenvalue weighted by Gasteiger charge is 2.53. The van der Waals surface area contributed by atoms with Gasteiger partial charge in [0, 0.05) is 6.20 Å². The highest BCUT2D eigenvalue weighted by Crippen LogP contribution is 2.52. The minimum atomic E-state index is -0.824. The summed E-state index contributed by atoms with van der Waals surface area (Å²) in [6.45, 7) is 0.361. The number of aliphatic carboxylic acids is 1. The fraction of sp³-hybridized carbons (Fsp3) is 0.533. The van der Waals surface area contributed by atoms with Gasteiger partial charge in [0.15, 0.2) is 0 Å². The molecule has 1 aromatic rings. The molecule has 1 amide bonds. The molecular formula is C15H18N2O3. The second-order valence-corrected chi connectivity index (χ2v) is 5.76. The molecule has 5 heteroatoms. The molecule has 3 rings (SSSR count). The van der Waals surface area contributed by atoms with E-state index < -0.39 is 11.9 Å². The molecule has 20 heavy (non-hydrogen) atoms.